The fourth-order valence-electron chi connectivity index (χ4n) is 2.15. The molecule has 1 heterocycles. The largest absolute Gasteiger partial charge is 0.468 e. The quantitative estimate of drug-likeness (QED) is 0.788. The van der Waals surface area contributed by atoms with Crippen molar-refractivity contribution in [3.8, 4) is 5.88 Å². The van der Waals surface area contributed by atoms with Crippen molar-refractivity contribution in [1.82, 2.24) is 15.1 Å². The van der Waals surface area contributed by atoms with Crippen LogP contribution in [0, 0.1) is 6.92 Å². The van der Waals surface area contributed by atoms with E-state index in [1.54, 1.807) is 4.68 Å². The first-order valence-electron chi connectivity index (χ1n) is 7.13. The molecule has 0 fully saturated rings. The minimum atomic E-state index is -0.00227. The van der Waals surface area contributed by atoms with Gasteiger partial charge in [-0.25, -0.2) is 4.68 Å². The highest BCUT2D eigenvalue weighted by Crippen LogP contribution is 2.21. The van der Waals surface area contributed by atoms with Gasteiger partial charge in [-0.3, -0.25) is 0 Å². The summed E-state index contributed by atoms with van der Waals surface area (Å²) in [6, 6.07) is 12.3. The minimum Gasteiger partial charge on any atom is -0.468 e. The molecule has 0 radical (unpaired) electrons. The van der Waals surface area contributed by atoms with Crippen LogP contribution in [-0.4, -0.2) is 22.9 Å². The summed E-state index contributed by atoms with van der Waals surface area (Å²) < 4.78 is 7.92. The van der Waals surface area contributed by atoms with E-state index in [0.717, 1.165) is 31.1 Å². The molecule has 1 unspecified atom stereocenters. The smallest absolute Gasteiger partial charge is 0.212 e. The van der Waals surface area contributed by atoms with Crippen LogP contribution in [0.3, 0.4) is 0 Å². The average Bonchev–Trinajstić information content (AvgIpc) is 2.77. The van der Waals surface area contributed by atoms with Gasteiger partial charge in [0.25, 0.3) is 0 Å². The molecule has 1 aromatic heterocycles. The van der Waals surface area contributed by atoms with Crippen molar-refractivity contribution in [1.29, 1.82) is 0 Å². The predicted octanol–water partition coefficient (Wildman–Crippen LogP) is 2.85. The van der Waals surface area contributed by atoms with E-state index in [4.69, 9.17) is 4.74 Å². The summed E-state index contributed by atoms with van der Waals surface area (Å²) in [5.74, 6) is 0.801. The van der Waals surface area contributed by atoms with Crippen LogP contribution in [0.15, 0.2) is 36.4 Å². The van der Waals surface area contributed by atoms with Gasteiger partial charge in [0.1, 0.15) is 6.10 Å². The van der Waals surface area contributed by atoms with Crippen molar-refractivity contribution in [3.63, 3.8) is 0 Å². The second kappa shape index (κ2) is 7.10. The number of ether oxygens (including phenoxy) is 1. The minimum absolute atomic E-state index is 0.00227. The molecular weight excluding hydrogens is 250 g/mol. The van der Waals surface area contributed by atoms with Gasteiger partial charge in [-0.1, -0.05) is 37.3 Å². The maximum Gasteiger partial charge on any atom is 0.212 e. The summed E-state index contributed by atoms with van der Waals surface area (Å²) in [5, 5.41) is 7.75. The van der Waals surface area contributed by atoms with Gasteiger partial charge in [0.05, 0.1) is 5.69 Å². The van der Waals surface area contributed by atoms with E-state index in [9.17, 15) is 0 Å². The van der Waals surface area contributed by atoms with Crippen LogP contribution in [0.25, 0.3) is 0 Å². The van der Waals surface area contributed by atoms with E-state index < -0.39 is 0 Å². The second-order valence-corrected chi connectivity index (χ2v) is 4.97. The third-order valence-corrected chi connectivity index (χ3v) is 3.15. The van der Waals surface area contributed by atoms with Crippen LogP contribution in [-0.2, 0) is 7.05 Å². The molecule has 1 N–H and O–H groups in total. The Labute approximate surface area is 120 Å². The molecule has 0 amide bonds. The first kappa shape index (κ1) is 14.6. The molecule has 2 rings (SSSR count). The van der Waals surface area contributed by atoms with E-state index in [1.807, 2.05) is 38.2 Å². The van der Waals surface area contributed by atoms with Crippen molar-refractivity contribution in [2.24, 2.45) is 7.05 Å². The van der Waals surface area contributed by atoms with Crippen molar-refractivity contribution in [2.45, 2.75) is 26.4 Å². The van der Waals surface area contributed by atoms with Gasteiger partial charge >= 0.3 is 0 Å². The summed E-state index contributed by atoms with van der Waals surface area (Å²) >= 11 is 0. The van der Waals surface area contributed by atoms with E-state index in [-0.39, 0.29) is 6.10 Å². The number of rotatable bonds is 7. The zero-order valence-corrected chi connectivity index (χ0v) is 12.5. The van der Waals surface area contributed by atoms with E-state index >= 15 is 0 Å². The van der Waals surface area contributed by atoms with E-state index in [0.29, 0.717) is 0 Å². The number of nitrogens with one attached hydrogen (secondary N) is 1. The lowest BCUT2D eigenvalue weighted by Crippen LogP contribution is -2.26. The summed E-state index contributed by atoms with van der Waals surface area (Å²) in [6.07, 6.45) is 1.12. The molecule has 108 valence electrons. The number of benzene rings is 1. The lowest BCUT2D eigenvalue weighted by atomic mass is 10.1. The molecular formula is C16H23N3O. The Morgan fingerprint density at radius 1 is 1.30 bits per heavy atom. The lowest BCUT2D eigenvalue weighted by Gasteiger charge is -2.20. The van der Waals surface area contributed by atoms with Crippen LogP contribution in [0.4, 0.5) is 0 Å². The zero-order chi connectivity index (χ0) is 14.4. The molecule has 0 aliphatic heterocycles. The van der Waals surface area contributed by atoms with Crippen LogP contribution >= 0.6 is 0 Å². The monoisotopic (exact) mass is 273 g/mol. The fourth-order valence-corrected chi connectivity index (χ4v) is 2.15. The molecule has 2 aromatic rings. The number of hydrogen-bond donors (Lipinski definition) is 1. The Kier molecular flexibility index (Phi) is 5.18. The number of aryl methyl sites for hydroxylation is 2. The molecule has 0 aliphatic rings. The predicted molar refractivity (Wildman–Crippen MR) is 80.9 cm³/mol. The normalized spacial score (nSPS) is 12.3. The maximum atomic E-state index is 6.14. The third-order valence-electron chi connectivity index (χ3n) is 3.15. The highest BCUT2D eigenvalue weighted by atomic mass is 16.5. The number of hydrogen-bond acceptors (Lipinski definition) is 3. The second-order valence-electron chi connectivity index (χ2n) is 4.97. The van der Waals surface area contributed by atoms with Gasteiger partial charge in [0.15, 0.2) is 0 Å². The molecule has 1 atom stereocenters. The third kappa shape index (κ3) is 3.84. The van der Waals surface area contributed by atoms with Crippen molar-refractivity contribution < 1.29 is 4.74 Å². The standard InChI is InChI=1S/C16H23N3O/c1-4-10-17-12-15(14-8-6-5-7-9-14)20-16-11-13(2)18-19(16)3/h5-9,11,15,17H,4,10,12H2,1-3H3. The maximum absolute atomic E-state index is 6.14. The number of nitrogens with zero attached hydrogens (tertiary/aromatic N) is 2. The summed E-state index contributed by atoms with van der Waals surface area (Å²) in [4.78, 5) is 0. The summed E-state index contributed by atoms with van der Waals surface area (Å²) in [7, 11) is 1.91. The molecule has 0 aliphatic carbocycles. The molecule has 0 saturated heterocycles. The van der Waals surface area contributed by atoms with Gasteiger partial charge in [0, 0.05) is 19.7 Å². The highest BCUT2D eigenvalue weighted by Gasteiger charge is 2.15. The lowest BCUT2D eigenvalue weighted by molar-refractivity contribution is 0.184. The van der Waals surface area contributed by atoms with Gasteiger partial charge in [-0.15, -0.1) is 0 Å². The SMILES string of the molecule is CCCNCC(Oc1cc(C)nn1C)c1ccccc1. The van der Waals surface area contributed by atoms with Gasteiger partial charge in [0.2, 0.25) is 5.88 Å². The van der Waals surface area contributed by atoms with Gasteiger partial charge in [-0.05, 0) is 25.5 Å². The van der Waals surface area contributed by atoms with Crippen molar-refractivity contribution in [2.75, 3.05) is 13.1 Å². The van der Waals surface area contributed by atoms with Crippen LogP contribution in [0.2, 0.25) is 0 Å². The van der Waals surface area contributed by atoms with Crippen LogP contribution in [0.5, 0.6) is 5.88 Å². The topological polar surface area (TPSA) is 39.1 Å². The van der Waals surface area contributed by atoms with Gasteiger partial charge in [-0.2, -0.15) is 5.10 Å². The zero-order valence-electron chi connectivity index (χ0n) is 12.5. The first-order valence-corrected chi connectivity index (χ1v) is 7.13. The molecule has 0 saturated carbocycles. The number of aromatic nitrogens is 2. The van der Waals surface area contributed by atoms with Crippen molar-refractivity contribution >= 4 is 0 Å². The molecule has 0 spiro atoms. The summed E-state index contributed by atoms with van der Waals surface area (Å²) in [6.45, 7) is 5.93. The first-order chi connectivity index (χ1) is 9.70. The Morgan fingerprint density at radius 2 is 2.05 bits per heavy atom. The van der Waals surface area contributed by atoms with E-state index in [1.165, 1.54) is 5.56 Å². The van der Waals surface area contributed by atoms with Crippen molar-refractivity contribution in [3.05, 3.63) is 47.7 Å². The Hall–Kier alpha value is -1.81. The molecule has 0 bridgehead atoms. The fraction of sp³-hybridized carbons (Fsp3) is 0.438. The Bertz CT molecular complexity index is 522. The highest BCUT2D eigenvalue weighted by molar-refractivity contribution is 5.21. The molecule has 4 nitrogen and oxygen atoms in total. The summed E-state index contributed by atoms with van der Waals surface area (Å²) in [5.41, 5.74) is 2.14. The van der Waals surface area contributed by atoms with E-state index in [2.05, 4.69) is 29.5 Å². The molecule has 1 aromatic carbocycles. The van der Waals surface area contributed by atoms with Crippen LogP contribution < -0.4 is 10.1 Å². The average molecular weight is 273 g/mol. The van der Waals surface area contributed by atoms with Gasteiger partial charge < -0.3 is 10.1 Å². The molecule has 20 heavy (non-hydrogen) atoms. The molecule has 4 heteroatoms. The Balaban J connectivity index is 2.12. The Morgan fingerprint density at radius 3 is 2.65 bits per heavy atom. The van der Waals surface area contributed by atoms with Crippen LogP contribution in [0.1, 0.15) is 30.7 Å².